The van der Waals surface area contributed by atoms with Crippen LogP contribution in [0.1, 0.15) is 41.9 Å². The van der Waals surface area contributed by atoms with Crippen LogP contribution in [0.4, 0.5) is 0 Å². The van der Waals surface area contributed by atoms with Gasteiger partial charge < -0.3 is 15.1 Å². The van der Waals surface area contributed by atoms with Crippen molar-refractivity contribution in [1.29, 1.82) is 0 Å². The third kappa shape index (κ3) is 2.90. The first-order valence-electron chi connectivity index (χ1n) is 6.43. The third-order valence-corrected chi connectivity index (χ3v) is 3.60. The second-order valence-electron chi connectivity index (χ2n) is 5.39. The zero-order valence-corrected chi connectivity index (χ0v) is 11.3. The Bertz CT molecular complexity index is 433. The Morgan fingerprint density at radius 1 is 1.44 bits per heavy atom. The smallest absolute Gasteiger partial charge is 0.289 e. The Labute approximate surface area is 107 Å². The predicted molar refractivity (Wildman–Crippen MR) is 68.5 cm³/mol. The molecule has 2 rings (SSSR count). The highest BCUT2D eigenvalue weighted by Gasteiger charge is 2.28. The quantitative estimate of drug-likeness (QED) is 0.852. The molecule has 0 saturated carbocycles. The second-order valence-corrected chi connectivity index (χ2v) is 5.39. The molecule has 5 heteroatoms. The summed E-state index contributed by atoms with van der Waals surface area (Å²) in [6, 6.07) is 0. The van der Waals surface area contributed by atoms with E-state index in [1.165, 1.54) is 0 Å². The molecule has 5 nitrogen and oxygen atoms in total. The normalized spacial score (nSPS) is 18.6. The standard InChI is InChI=1S/C13H21N3O2/c1-9-11(18-10(2)16-9)12(17)15-8-13(3)4-6-14-7-5-13/h14H,4-8H2,1-3H3,(H,15,17). The summed E-state index contributed by atoms with van der Waals surface area (Å²) in [7, 11) is 0. The molecule has 0 bridgehead atoms. The van der Waals surface area contributed by atoms with E-state index in [0.29, 0.717) is 23.9 Å². The molecule has 0 aliphatic carbocycles. The van der Waals surface area contributed by atoms with Gasteiger partial charge in [0, 0.05) is 13.5 Å². The molecule has 1 aromatic heterocycles. The maximum atomic E-state index is 12.0. The lowest BCUT2D eigenvalue weighted by Crippen LogP contribution is -2.42. The van der Waals surface area contributed by atoms with Crippen LogP contribution >= 0.6 is 0 Å². The number of aromatic nitrogens is 1. The number of amides is 1. The van der Waals surface area contributed by atoms with Crippen molar-refractivity contribution < 1.29 is 9.21 Å². The van der Waals surface area contributed by atoms with E-state index < -0.39 is 0 Å². The van der Waals surface area contributed by atoms with Gasteiger partial charge in [0.1, 0.15) is 0 Å². The van der Waals surface area contributed by atoms with E-state index in [1.54, 1.807) is 13.8 Å². The topological polar surface area (TPSA) is 67.2 Å². The van der Waals surface area contributed by atoms with E-state index in [-0.39, 0.29) is 11.3 Å². The lowest BCUT2D eigenvalue weighted by atomic mass is 9.81. The van der Waals surface area contributed by atoms with Crippen LogP contribution in [-0.2, 0) is 0 Å². The highest BCUT2D eigenvalue weighted by molar-refractivity contribution is 5.92. The minimum atomic E-state index is -0.159. The van der Waals surface area contributed by atoms with Crippen LogP contribution in [-0.4, -0.2) is 30.5 Å². The fourth-order valence-electron chi connectivity index (χ4n) is 2.32. The van der Waals surface area contributed by atoms with Gasteiger partial charge >= 0.3 is 0 Å². The number of oxazole rings is 1. The van der Waals surface area contributed by atoms with Crippen molar-refractivity contribution in [2.24, 2.45) is 5.41 Å². The number of aryl methyl sites for hydroxylation is 2. The molecule has 1 saturated heterocycles. The Hall–Kier alpha value is -1.36. The summed E-state index contributed by atoms with van der Waals surface area (Å²) in [5.41, 5.74) is 0.838. The zero-order chi connectivity index (χ0) is 13.2. The summed E-state index contributed by atoms with van der Waals surface area (Å²) in [4.78, 5) is 16.1. The molecule has 2 heterocycles. The van der Waals surface area contributed by atoms with E-state index in [9.17, 15) is 4.79 Å². The highest BCUT2D eigenvalue weighted by atomic mass is 16.4. The molecule has 1 aromatic rings. The summed E-state index contributed by atoms with van der Waals surface area (Å²) < 4.78 is 5.31. The van der Waals surface area contributed by atoms with Gasteiger partial charge in [0.2, 0.25) is 5.76 Å². The van der Waals surface area contributed by atoms with E-state index in [1.807, 2.05) is 0 Å². The molecule has 1 fully saturated rings. The Morgan fingerprint density at radius 3 is 2.67 bits per heavy atom. The maximum absolute atomic E-state index is 12.0. The van der Waals surface area contributed by atoms with E-state index in [4.69, 9.17) is 4.42 Å². The van der Waals surface area contributed by atoms with Crippen LogP contribution in [0, 0.1) is 19.3 Å². The number of nitrogens with zero attached hydrogens (tertiary/aromatic N) is 1. The first-order chi connectivity index (χ1) is 8.50. The van der Waals surface area contributed by atoms with Crippen LogP contribution in [0.2, 0.25) is 0 Å². The van der Waals surface area contributed by atoms with Crippen molar-refractivity contribution in [1.82, 2.24) is 15.6 Å². The summed E-state index contributed by atoms with van der Waals surface area (Å²) >= 11 is 0. The van der Waals surface area contributed by atoms with Crippen molar-refractivity contribution in [3.63, 3.8) is 0 Å². The van der Waals surface area contributed by atoms with Gasteiger partial charge in [0.15, 0.2) is 5.89 Å². The van der Waals surface area contributed by atoms with Gasteiger partial charge in [-0.2, -0.15) is 0 Å². The minimum Gasteiger partial charge on any atom is -0.436 e. The fraction of sp³-hybridized carbons (Fsp3) is 0.692. The van der Waals surface area contributed by atoms with Crippen molar-refractivity contribution in [2.75, 3.05) is 19.6 Å². The lowest BCUT2D eigenvalue weighted by molar-refractivity contribution is 0.0892. The molecular weight excluding hydrogens is 230 g/mol. The van der Waals surface area contributed by atoms with Crippen LogP contribution in [0.25, 0.3) is 0 Å². The number of nitrogens with one attached hydrogen (secondary N) is 2. The molecule has 0 unspecified atom stereocenters. The van der Waals surface area contributed by atoms with Gasteiger partial charge in [0.25, 0.3) is 5.91 Å². The average molecular weight is 251 g/mol. The monoisotopic (exact) mass is 251 g/mol. The third-order valence-electron chi connectivity index (χ3n) is 3.60. The van der Waals surface area contributed by atoms with Crippen molar-refractivity contribution in [2.45, 2.75) is 33.6 Å². The first kappa shape index (κ1) is 13.1. The molecule has 1 aliphatic rings. The summed E-state index contributed by atoms with van der Waals surface area (Å²) in [6.07, 6.45) is 2.17. The minimum absolute atomic E-state index is 0.159. The van der Waals surface area contributed by atoms with Gasteiger partial charge in [-0.05, 0) is 38.3 Å². The van der Waals surface area contributed by atoms with E-state index in [0.717, 1.165) is 25.9 Å². The van der Waals surface area contributed by atoms with Crippen molar-refractivity contribution in [3.05, 3.63) is 17.3 Å². The maximum Gasteiger partial charge on any atom is 0.289 e. The Morgan fingerprint density at radius 2 is 2.11 bits per heavy atom. The van der Waals surface area contributed by atoms with Gasteiger partial charge in [-0.25, -0.2) is 4.98 Å². The molecule has 0 aromatic carbocycles. The summed E-state index contributed by atoms with van der Waals surface area (Å²) in [6.45, 7) is 8.48. The first-order valence-corrected chi connectivity index (χ1v) is 6.43. The molecular formula is C13H21N3O2. The summed E-state index contributed by atoms with van der Waals surface area (Å²) in [5, 5.41) is 6.29. The SMILES string of the molecule is Cc1nc(C)c(C(=O)NCC2(C)CCNCC2)o1. The zero-order valence-electron chi connectivity index (χ0n) is 11.3. The Kier molecular flexibility index (Phi) is 3.71. The van der Waals surface area contributed by atoms with Crippen molar-refractivity contribution >= 4 is 5.91 Å². The van der Waals surface area contributed by atoms with Crippen LogP contribution in [0.15, 0.2) is 4.42 Å². The number of hydrogen-bond donors (Lipinski definition) is 2. The molecule has 100 valence electrons. The van der Waals surface area contributed by atoms with Crippen LogP contribution < -0.4 is 10.6 Å². The largest absolute Gasteiger partial charge is 0.436 e. The molecule has 2 N–H and O–H groups in total. The van der Waals surface area contributed by atoms with Gasteiger partial charge in [-0.1, -0.05) is 6.92 Å². The van der Waals surface area contributed by atoms with E-state index >= 15 is 0 Å². The molecule has 1 aliphatic heterocycles. The van der Waals surface area contributed by atoms with Gasteiger partial charge in [0.05, 0.1) is 5.69 Å². The van der Waals surface area contributed by atoms with Crippen LogP contribution in [0.5, 0.6) is 0 Å². The highest BCUT2D eigenvalue weighted by Crippen LogP contribution is 2.26. The molecule has 0 atom stereocenters. The number of hydrogen-bond acceptors (Lipinski definition) is 4. The fourth-order valence-corrected chi connectivity index (χ4v) is 2.32. The molecule has 0 spiro atoms. The number of carbonyl (C=O) groups is 1. The second kappa shape index (κ2) is 5.10. The summed E-state index contributed by atoms with van der Waals surface area (Å²) in [5.74, 6) is 0.712. The predicted octanol–water partition coefficient (Wildman–Crippen LogP) is 1.41. The average Bonchev–Trinajstić information content (AvgIpc) is 2.67. The van der Waals surface area contributed by atoms with Gasteiger partial charge in [-0.15, -0.1) is 0 Å². The van der Waals surface area contributed by atoms with Gasteiger partial charge in [-0.3, -0.25) is 4.79 Å². The molecule has 18 heavy (non-hydrogen) atoms. The molecule has 0 radical (unpaired) electrons. The van der Waals surface area contributed by atoms with E-state index in [2.05, 4.69) is 22.5 Å². The number of carbonyl (C=O) groups excluding carboxylic acids is 1. The Balaban J connectivity index is 1.94. The lowest BCUT2D eigenvalue weighted by Gasteiger charge is -2.34. The number of piperidine rings is 1. The van der Waals surface area contributed by atoms with Crippen molar-refractivity contribution in [3.8, 4) is 0 Å². The van der Waals surface area contributed by atoms with Crippen LogP contribution in [0.3, 0.4) is 0 Å². The molecule has 1 amide bonds. The number of rotatable bonds is 3.